The molecule has 1 N–H and O–H groups in total. The van der Waals surface area contributed by atoms with Gasteiger partial charge in [0.25, 0.3) is 0 Å². The first-order valence-corrected chi connectivity index (χ1v) is 4.76. The number of aromatic hydroxyl groups is 1. The molecule has 0 bridgehead atoms. The summed E-state index contributed by atoms with van der Waals surface area (Å²) >= 11 is 0. The minimum absolute atomic E-state index is 0.0902. The summed E-state index contributed by atoms with van der Waals surface area (Å²) in [7, 11) is 1.46. The molecule has 3 heteroatoms. The normalized spacial score (nSPS) is 10.1. The van der Waals surface area contributed by atoms with Crippen LogP contribution in [0, 0.1) is 11.9 Å². The summed E-state index contributed by atoms with van der Waals surface area (Å²) in [6.07, 6.45) is 0. The number of benzene rings is 2. The van der Waals surface area contributed by atoms with Gasteiger partial charge >= 0.3 is 0 Å². The van der Waals surface area contributed by atoms with Crippen molar-refractivity contribution in [3.8, 4) is 22.6 Å². The SMILES string of the molecule is COc1cc(F)ccc1-c1[c]cccc1O. The van der Waals surface area contributed by atoms with E-state index < -0.39 is 0 Å². The van der Waals surface area contributed by atoms with Crippen molar-refractivity contribution in [3.63, 3.8) is 0 Å². The molecule has 0 aromatic heterocycles. The fourth-order valence-corrected chi connectivity index (χ4v) is 1.52. The van der Waals surface area contributed by atoms with Crippen molar-refractivity contribution in [3.05, 3.63) is 48.3 Å². The molecule has 0 aliphatic rings. The summed E-state index contributed by atoms with van der Waals surface area (Å²) < 4.78 is 18.1. The molecule has 2 aromatic rings. The van der Waals surface area contributed by atoms with Gasteiger partial charge in [0.15, 0.2) is 0 Å². The molecule has 0 unspecified atom stereocenters. The molecule has 0 saturated heterocycles. The van der Waals surface area contributed by atoms with Gasteiger partial charge in [0.2, 0.25) is 0 Å². The number of hydrogen-bond acceptors (Lipinski definition) is 2. The largest absolute Gasteiger partial charge is 0.507 e. The highest BCUT2D eigenvalue weighted by Gasteiger charge is 2.10. The molecular formula is C13H10FO2. The highest BCUT2D eigenvalue weighted by molar-refractivity contribution is 5.74. The standard InChI is InChI=1S/C13H10FO2/c1-16-13-8-9(14)6-7-11(13)10-4-2-3-5-12(10)15/h2-3,5-8,15H,1H3. The van der Waals surface area contributed by atoms with Crippen LogP contribution in [0.25, 0.3) is 11.1 Å². The highest BCUT2D eigenvalue weighted by Crippen LogP contribution is 2.35. The van der Waals surface area contributed by atoms with Gasteiger partial charge in [0.05, 0.1) is 7.11 Å². The average Bonchev–Trinajstić information content (AvgIpc) is 2.30. The Bertz CT molecular complexity index is 509. The summed E-state index contributed by atoms with van der Waals surface area (Å²) in [5.41, 5.74) is 1.11. The first-order chi connectivity index (χ1) is 7.72. The van der Waals surface area contributed by atoms with Crippen molar-refractivity contribution < 1.29 is 14.2 Å². The summed E-state index contributed by atoms with van der Waals surface area (Å²) in [4.78, 5) is 0. The number of phenolic OH excluding ortho intramolecular Hbond substituents is 1. The molecule has 0 atom stereocenters. The van der Waals surface area contributed by atoms with Gasteiger partial charge in [-0.15, -0.1) is 0 Å². The van der Waals surface area contributed by atoms with E-state index in [0.29, 0.717) is 16.9 Å². The predicted octanol–water partition coefficient (Wildman–Crippen LogP) is 3.01. The molecule has 2 nitrogen and oxygen atoms in total. The Hall–Kier alpha value is -2.03. The summed E-state index contributed by atoms with van der Waals surface area (Å²) in [5.74, 6) is 0.0844. The number of phenols is 1. The van der Waals surface area contributed by atoms with Gasteiger partial charge in [0, 0.05) is 17.2 Å². The third-order valence-corrected chi connectivity index (χ3v) is 2.27. The van der Waals surface area contributed by atoms with E-state index in [9.17, 15) is 9.50 Å². The van der Waals surface area contributed by atoms with Crippen molar-refractivity contribution in [1.82, 2.24) is 0 Å². The monoisotopic (exact) mass is 217 g/mol. The fourth-order valence-electron chi connectivity index (χ4n) is 1.52. The van der Waals surface area contributed by atoms with Gasteiger partial charge in [0.1, 0.15) is 17.3 Å². The molecule has 0 aliphatic heterocycles. The maximum Gasteiger partial charge on any atom is 0.129 e. The molecule has 0 heterocycles. The first-order valence-electron chi connectivity index (χ1n) is 4.76. The number of methoxy groups -OCH3 is 1. The lowest BCUT2D eigenvalue weighted by Gasteiger charge is -2.09. The van der Waals surface area contributed by atoms with E-state index >= 15 is 0 Å². The van der Waals surface area contributed by atoms with Crippen LogP contribution in [0.15, 0.2) is 36.4 Å². The van der Waals surface area contributed by atoms with Gasteiger partial charge in [-0.2, -0.15) is 0 Å². The van der Waals surface area contributed by atoms with Crippen LogP contribution in [0.2, 0.25) is 0 Å². The zero-order valence-corrected chi connectivity index (χ0v) is 8.70. The Morgan fingerprint density at radius 2 is 2.12 bits per heavy atom. The molecule has 0 fully saturated rings. The Kier molecular flexibility index (Phi) is 2.77. The second kappa shape index (κ2) is 4.23. The van der Waals surface area contributed by atoms with Crippen LogP contribution >= 0.6 is 0 Å². The summed E-state index contributed by atoms with van der Waals surface area (Å²) in [6, 6.07) is 11.9. The number of hydrogen-bond donors (Lipinski definition) is 1. The van der Waals surface area contributed by atoms with E-state index in [2.05, 4.69) is 6.07 Å². The number of halogens is 1. The molecule has 0 spiro atoms. The van der Waals surface area contributed by atoms with Crippen molar-refractivity contribution in [2.45, 2.75) is 0 Å². The second-order valence-corrected chi connectivity index (χ2v) is 3.27. The van der Waals surface area contributed by atoms with Crippen LogP contribution in [-0.4, -0.2) is 12.2 Å². The molecule has 2 aromatic carbocycles. The van der Waals surface area contributed by atoms with Crippen LogP contribution in [0.5, 0.6) is 11.5 Å². The third-order valence-electron chi connectivity index (χ3n) is 2.27. The molecule has 81 valence electrons. The molecule has 16 heavy (non-hydrogen) atoms. The van der Waals surface area contributed by atoms with E-state index in [1.807, 2.05) is 0 Å². The number of rotatable bonds is 2. The summed E-state index contributed by atoms with van der Waals surface area (Å²) in [6.45, 7) is 0. The smallest absolute Gasteiger partial charge is 0.129 e. The zero-order valence-electron chi connectivity index (χ0n) is 8.70. The van der Waals surface area contributed by atoms with Crippen LogP contribution < -0.4 is 4.74 Å². The first kappa shape index (κ1) is 10.5. The van der Waals surface area contributed by atoms with Gasteiger partial charge in [-0.25, -0.2) is 4.39 Å². The Morgan fingerprint density at radius 1 is 1.31 bits per heavy atom. The van der Waals surface area contributed by atoms with E-state index in [4.69, 9.17) is 4.74 Å². The quantitative estimate of drug-likeness (QED) is 0.837. The average molecular weight is 217 g/mol. The Labute approximate surface area is 92.9 Å². The van der Waals surface area contributed by atoms with Crippen LogP contribution in [0.4, 0.5) is 4.39 Å². The minimum atomic E-state index is -0.379. The number of ether oxygens (including phenoxy) is 1. The van der Waals surface area contributed by atoms with Gasteiger partial charge in [-0.3, -0.25) is 0 Å². The Balaban J connectivity index is 2.60. The summed E-state index contributed by atoms with van der Waals surface area (Å²) in [5, 5.41) is 9.67. The van der Waals surface area contributed by atoms with Crippen LogP contribution in [0.1, 0.15) is 0 Å². The van der Waals surface area contributed by atoms with E-state index in [-0.39, 0.29) is 11.6 Å². The molecule has 1 radical (unpaired) electrons. The second-order valence-electron chi connectivity index (χ2n) is 3.27. The highest BCUT2D eigenvalue weighted by atomic mass is 19.1. The third kappa shape index (κ3) is 1.84. The molecule has 0 saturated carbocycles. The van der Waals surface area contributed by atoms with Crippen LogP contribution in [-0.2, 0) is 0 Å². The Morgan fingerprint density at radius 3 is 2.81 bits per heavy atom. The van der Waals surface area contributed by atoms with E-state index in [0.717, 1.165) is 0 Å². The van der Waals surface area contributed by atoms with Gasteiger partial charge in [-0.05, 0) is 24.3 Å². The van der Waals surface area contributed by atoms with Crippen molar-refractivity contribution in [2.24, 2.45) is 0 Å². The molecule has 0 aliphatic carbocycles. The fraction of sp³-hybridized carbons (Fsp3) is 0.0769. The van der Waals surface area contributed by atoms with Crippen molar-refractivity contribution >= 4 is 0 Å². The molecular weight excluding hydrogens is 207 g/mol. The van der Waals surface area contributed by atoms with Crippen LogP contribution in [0.3, 0.4) is 0 Å². The molecule has 2 rings (SSSR count). The lowest BCUT2D eigenvalue weighted by molar-refractivity contribution is 0.412. The maximum absolute atomic E-state index is 13.0. The van der Waals surface area contributed by atoms with E-state index in [1.165, 1.54) is 19.2 Å². The lowest BCUT2D eigenvalue weighted by atomic mass is 10.0. The molecule has 0 amide bonds. The topological polar surface area (TPSA) is 29.5 Å². The van der Waals surface area contributed by atoms with Gasteiger partial charge in [-0.1, -0.05) is 12.1 Å². The van der Waals surface area contributed by atoms with Crippen molar-refractivity contribution in [1.29, 1.82) is 0 Å². The lowest BCUT2D eigenvalue weighted by Crippen LogP contribution is -1.89. The van der Waals surface area contributed by atoms with E-state index in [1.54, 1.807) is 24.3 Å². The zero-order chi connectivity index (χ0) is 11.5. The van der Waals surface area contributed by atoms with Gasteiger partial charge < -0.3 is 9.84 Å². The predicted molar refractivity (Wildman–Crippen MR) is 58.9 cm³/mol. The van der Waals surface area contributed by atoms with Crippen molar-refractivity contribution in [2.75, 3.05) is 7.11 Å². The minimum Gasteiger partial charge on any atom is -0.507 e. The maximum atomic E-state index is 13.0.